The number of rotatable bonds is 2. The Bertz CT molecular complexity index is 1150. The van der Waals surface area contributed by atoms with E-state index in [1.165, 1.54) is 14.2 Å². The summed E-state index contributed by atoms with van der Waals surface area (Å²) in [5.74, 6) is -0.704. The molecule has 10 heteroatoms. The molecule has 8 nitrogen and oxygen atoms in total. The first kappa shape index (κ1) is 20.5. The first-order valence-corrected chi connectivity index (χ1v) is 8.84. The van der Waals surface area contributed by atoms with E-state index in [2.05, 4.69) is 45.8 Å². The van der Waals surface area contributed by atoms with Gasteiger partial charge in [-0.05, 0) is 40.2 Å². The van der Waals surface area contributed by atoms with Crippen molar-refractivity contribution < 1.29 is 24.8 Å². The zero-order valence-electron chi connectivity index (χ0n) is 16.5. The molecular weight excluding hydrogens is 447 g/mol. The summed E-state index contributed by atoms with van der Waals surface area (Å²) >= 11 is 3.29. The van der Waals surface area contributed by atoms with Gasteiger partial charge in [0.1, 0.15) is 4.60 Å². The van der Waals surface area contributed by atoms with E-state index in [-0.39, 0.29) is 11.9 Å². The molecule has 2 aromatic heterocycles. The molecule has 152 valence electrons. The molecule has 4 rings (SSSR count). The summed E-state index contributed by atoms with van der Waals surface area (Å²) in [5, 5.41) is 14.9. The molecule has 0 saturated carbocycles. The number of esters is 2. The molecule has 0 aliphatic carbocycles. The second kappa shape index (κ2) is 10.3. The van der Waals surface area contributed by atoms with Gasteiger partial charge in [-0.2, -0.15) is 10.2 Å². The number of hydrogen-bond acceptors (Lipinski definition) is 6. The molecule has 4 aromatic rings. The Morgan fingerprint density at radius 1 is 1.07 bits per heavy atom. The smallest absolute Gasteiger partial charge is 0.338 e. The maximum Gasteiger partial charge on any atom is 0.338 e. The molecule has 2 aromatic carbocycles. The molecule has 0 saturated heterocycles. The molecule has 0 amide bonds. The van der Waals surface area contributed by atoms with E-state index >= 15 is 0 Å². The Morgan fingerprint density at radius 3 is 2.38 bits per heavy atom. The van der Waals surface area contributed by atoms with Crippen molar-refractivity contribution in [1.82, 2.24) is 20.4 Å². The first-order valence-electron chi connectivity index (χ1n) is 8.75. The standard InChI is InChI=1S/C9H7BrN2O2.C9H8N2O2.CH3F/c1-14-9(13)5-3-2-4-6-7(5)8(10)12-11-6;1-13-9(12)6-3-2-4-8-7(6)5-10-11-8;1-2/h2-4H,1H3,(H,11,12);2-5H,1H3,(H,10,11);1H3/i;;1D. The van der Waals surface area contributed by atoms with Crippen LogP contribution in [0.25, 0.3) is 21.8 Å². The number of fused-ring (bicyclic) bond motifs is 2. The molecule has 2 heterocycles. The van der Waals surface area contributed by atoms with Crippen LogP contribution in [0.3, 0.4) is 0 Å². The maximum atomic E-state index is 11.4. The van der Waals surface area contributed by atoms with Crippen molar-refractivity contribution in [2.24, 2.45) is 0 Å². The molecule has 0 aliphatic rings. The number of aromatic nitrogens is 4. The fraction of sp³-hybridized carbons (Fsp3) is 0.158. The highest BCUT2D eigenvalue weighted by atomic mass is 79.9. The van der Waals surface area contributed by atoms with E-state index in [0.717, 1.165) is 21.8 Å². The van der Waals surface area contributed by atoms with Gasteiger partial charge in [0.25, 0.3) is 0 Å². The number of carbonyl (C=O) groups excluding carboxylic acids is 2. The summed E-state index contributed by atoms with van der Waals surface area (Å²) in [6.45, 7) is 0. The van der Waals surface area contributed by atoms with Gasteiger partial charge in [0.15, 0.2) is 0 Å². The van der Waals surface area contributed by atoms with Gasteiger partial charge in [0.05, 0.1) is 51.1 Å². The van der Waals surface area contributed by atoms with Crippen LogP contribution in [0.4, 0.5) is 4.39 Å². The molecule has 0 aliphatic heterocycles. The summed E-state index contributed by atoms with van der Waals surface area (Å²) in [6, 6.07) is 10.6. The van der Waals surface area contributed by atoms with Crippen LogP contribution < -0.4 is 0 Å². The number of nitrogens with one attached hydrogen (secondary N) is 2. The average molecular weight is 466 g/mol. The number of halogens is 2. The van der Waals surface area contributed by atoms with Gasteiger partial charge in [0.2, 0.25) is 0 Å². The SMILES string of the molecule is COC(=O)c1cccc2[nH]ncc12.COC(=O)c1cccc2n[nH]c(Br)c12.[2H]CF. The van der Waals surface area contributed by atoms with Gasteiger partial charge in [-0.25, -0.2) is 9.59 Å². The lowest BCUT2D eigenvalue weighted by Gasteiger charge is -1.99. The topological polar surface area (TPSA) is 110 Å². The summed E-state index contributed by atoms with van der Waals surface area (Å²) in [5.41, 5.74) is 2.61. The molecular formula is C19H18BrFN4O4. The number of hydrogen-bond donors (Lipinski definition) is 2. The molecule has 0 fully saturated rings. The summed E-state index contributed by atoms with van der Waals surface area (Å²) in [6.07, 6.45) is 1.61. The Labute approximate surface area is 174 Å². The number of alkyl halides is 1. The van der Waals surface area contributed by atoms with E-state index in [4.69, 9.17) is 1.37 Å². The Kier molecular flexibility index (Phi) is 7.28. The summed E-state index contributed by atoms with van der Waals surface area (Å²) < 4.78 is 25.5. The van der Waals surface area contributed by atoms with Crippen molar-refractivity contribution in [2.45, 2.75) is 0 Å². The lowest BCUT2D eigenvalue weighted by Crippen LogP contribution is -2.01. The average Bonchev–Trinajstić information content (AvgIpc) is 3.40. The highest BCUT2D eigenvalue weighted by Gasteiger charge is 2.14. The highest BCUT2D eigenvalue weighted by Crippen LogP contribution is 2.25. The van der Waals surface area contributed by atoms with Crippen LogP contribution in [0.1, 0.15) is 22.1 Å². The molecule has 0 bridgehead atoms. The second-order valence-electron chi connectivity index (χ2n) is 5.36. The maximum absolute atomic E-state index is 11.4. The van der Waals surface area contributed by atoms with E-state index in [9.17, 15) is 14.0 Å². The first-order chi connectivity index (χ1) is 14.5. The van der Waals surface area contributed by atoms with Gasteiger partial charge in [-0.15, -0.1) is 0 Å². The molecule has 0 atom stereocenters. The third kappa shape index (κ3) is 4.77. The largest absolute Gasteiger partial charge is 0.465 e. The second-order valence-corrected chi connectivity index (χ2v) is 6.15. The number of ether oxygens (including phenoxy) is 2. The number of H-pyrrole nitrogens is 2. The van der Waals surface area contributed by atoms with Crippen LogP contribution in [-0.4, -0.2) is 53.7 Å². The normalized spacial score (nSPS) is 10.3. The molecule has 0 unspecified atom stereocenters. The third-order valence-electron chi connectivity index (χ3n) is 3.83. The van der Waals surface area contributed by atoms with Gasteiger partial charge < -0.3 is 9.47 Å². The van der Waals surface area contributed by atoms with Gasteiger partial charge >= 0.3 is 11.9 Å². The Balaban J connectivity index is 0.000000190. The fourth-order valence-corrected chi connectivity index (χ4v) is 3.07. The number of aromatic amines is 2. The van der Waals surface area contributed by atoms with Crippen molar-refractivity contribution in [3.63, 3.8) is 0 Å². The number of methoxy groups -OCH3 is 2. The molecule has 0 spiro atoms. The van der Waals surface area contributed by atoms with Crippen molar-refractivity contribution in [3.8, 4) is 0 Å². The van der Waals surface area contributed by atoms with E-state index < -0.39 is 7.15 Å². The van der Waals surface area contributed by atoms with Crippen molar-refractivity contribution in [3.05, 3.63) is 58.3 Å². The monoisotopic (exact) mass is 465 g/mol. The summed E-state index contributed by atoms with van der Waals surface area (Å²) in [7, 11) is 1.72. The minimum atomic E-state index is -1.00. The zero-order chi connectivity index (χ0) is 22.1. The molecule has 2 N–H and O–H groups in total. The van der Waals surface area contributed by atoms with E-state index in [1.54, 1.807) is 30.5 Å². The van der Waals surface area contributed by atoms with E-state index in [1.807, 2.05) is 12.1 Å². The van der Waals surface area contributed by atoms with Crippen LogP contribution in [0, 0.1) is 0 Å². The van der Waals surface area contributed by atoms with Gasteiger partial charge in [-0.1, -0.05) is 12.1 Å². The lowest BCUT2D eigenvalue weighted by atomic mass is 10.1. The van der Waals surface area contributed by atoms with E-state index in [0.29, 0.717) is 15.7 Å². The van der Waals surface area contributed by atoms with Crippen LogP contribution in [0.2, 0.25) is 0 Å². The highest BCUT2D eigenvalue weighted by molar-refractivity contribution is 9.10. The van der Waals surface area contributed by atoms with Crippen molar-refractivity contribution in [1.29, 1.82) is 0 Å². The molecule has 0 radical (unpaired) electrons. The number of nitrogens with zero attached hydrogens (tertiary/aromatic N) is 2. The van der Waals surface area contributed by atoms with Crippen LogP contribution >= 0.6 is 15.9 Å². The quantitative estimate of drug-likeness (QED) is 0.432. The number of carbonyl (C=O) groups is 2. The minimum Gasteiger partial charge on any atom is -0.465 e. The van der Waals surface area contributed by atoms with Crippen molar-refractivity contribution >= 4 is 49.7 Å². The summed E-state index contributed by atoms with van der Waals surface area (Å²) in [4.78, 5) is 22.7. The predicted octanol–water partition coefficient (Wildman–Crippen LogP) is 4.05. The Morgan fingerprint density at radius 2 is 1.69 bits per heavy atom. The van der Waals surface area contributed by atoms with Gasteiger partial charge in [-0.3, -0.25) is 14.6 Å². The fourth-order valence-electron chi connectivity index (χ4n) is 2.57. The van der Waals surface area contributed by atoms with Gasteiger partial charge in [0, 0.05) is 10.8 Å². The lowest BCUT2D eigenvalue weighted by molar-refractivity contribution is 0.0594. The Hall–Kier alpha value is -3.27. The van der Waals surface area contributed by atoms with Crippen LogP contribution in [-0.2, 0) is 9.47 Å². The third-order valence-corrected chi connectivity index (χ3v) is 4.41. The number of benzene rings is 2. The van der Waals surface area contributed by atoms with Crippen LogP contribution in [0.5, 0.6) is 0 Å². The van der Waals surface area contributed by atoms with Crippen molar-refractivity contribution in [2.75, 3.05) is 21.4 Å². The molecule has 29 heavy (non-hydrogen) atoms. The zero-order valence-corrected chi connectivity index (χ0v) is 17.1. The van der Waals surface area contributed by atoms with Crippen LogP contribution in [0.15, 0.2) is 47.2 Å². The minimum absolute atomic E-state index is 0.341. The predicted molar refractivity (Wildman–Crippen MR) is 110 cm³/mol.